The third kappa shape index (κ3) is 1.65. The van der Waals surface area contributed by atoms with Gasteiger partial charge in [0, 0.05) is 6.92 Å². The molecule has 0 spiro atoms. The van der Waals surface area contributed by atoms with E-state index in [2.05, 4.69) is 4.98 Å². The van der Waals surface area contributed by atoms with Gasteiger partial charge in [-0.05, 0) is 23.3 Å². The Hall–Kier alpha value is -2.29. The van der Waals surface area contributed by atoms with E-state index in [9.17, 15) is 0 Å². The Bertz CT molecular complexity index is 671. The minimum atomic E-state index is 0.627. The standard InChI is InChI=1S/C14H12N2O/c1-9-16-13-8-11(7-12(15)14(13)17-9)10-5-3-2-4-6-10/h2-8H,15H2,1H3. The molecule has 0 aliphatic carbocycles. The molecule has 0 fully saturated rings. The topological polar surface area (TPSA) is 52.0 Å². The Morgan fingerprint density at radius 3 is 2.59 bits per heavy atom. The van der Waals surface area contributed by atoms with Crippen LogP contribution >= 0.6 is 0 Å². The second-order valence-corrected chi connectivity index (χ2v) is 4.01. The van der Waals surface area contributed by atoms with Gasteiger partial charge in [0.25, 0.3) is 0 Å². The summed E-state index contributed by atoms with van der Waals surface area (Å²) in [6, 6.07) is 14.0. The van der Waals surface area contributed by atoms with E-state index < -0.39 is 0 Å². The molecule has 3 heteroatoms. The molecule has 0 unspecified atom stereocenters. The predicted octanol–water partition coefficient (Wildman–Crippen LogP) is 3.39. The van der Waals surface area contributed by atoms with Gasteiger partial charge in [0.2, 0.25) is 0 Å². The molecule has 3 aromatic rings. The SMILES string of the molecule is Cc1nc2cc(-c3ccccc3)cc(N)c2o1. The molecule has 0 aliphatic heterocycles. The molecule has 2 aromatic carbocycles. The largest absolute Gasteiger partial charge is 0.439 e. The van der Waals surface area contributed by atoms with Crippen LogP contribution in [0.4, 0.5) is 5.69 Å². The maximum absolute atomic E-state index is 5.97. The normalized spacial score (nSPS) is 10.9. The Balaban J connectivity index is 2.25. The first kappa shape index (κ1) is 9.90. The molecule has 1 heterocycles. The molecule has 0 amide bonds. The number of rotatable bonds is 1. The van der Waals surface area contributed by atoms with E-state index in [1.165, 1.54) is 0 Å². The van der Waals surface area contributed by atoms with Gasteiger partial charge in [-0.15, -0.1) is 0 Å². The van der Waals surface area contributed by atoms with Crippen molar-refractivity contribution in [1.29, 1.82) is 0 Å². The lowest BCUT2D eigenvalue weighted by molar-refractivity contribution is 0.562. The molecule has 2 N–H and O–H groups in total. The highest BCUT2D eigenvalue weighted by Crippen LogP contribution is 2.29. The summed E-state index contributed by atoms with van der Waals surface area (Å²) >= 11 is 0. The van der Waals surface area contributed by atoms with E-state index >= 15 is 0 Å². The van der Waals surface area contributed by atoms with Crippen LogP contribution in [0.15, 0.2) is 46.9 Å². The first-order chi connectivity index (χ1) is 8.24. The van der Waals surface area contributed by atoms with Crippen molar-refractivity contribution >= 4 is 16.8 Å². The average molecular weight is 224 g/mol. The number of hydrogen-bond acceptors (Lipinski definition) is 3. The number of nitrogen functional groups attached to an aromatic ring is 1. The Morgan fingerprint density at radius 2 is 1.82 bits per heavy atom. The fourth-order valence-corrected chi connectivity index (χ4v) is 1.97. The number of aromatic nitrogens is 1. The van der Waals surface area contributed by atoms with Crippen LogP contribution in [0.2, 0.25) is 0 Å². The average Bonchev–Trinajstić information content (AvgIpc) is 2.71. The molecule has 0 saturated heterocycles. The zero-order chi connectivity index (χ0) is 11.8. The van der Waals surface area contributed by atoms with Crippen molar-refractivity contribution in [2.75, 3.05) is 5.73 Å². The van der Waals surface area contributed by atoms with Crippen LogP contribution in [-0.2, 0) is 0 Å². The molecular weight excluding hydrogens is 212 g/mol. The van der Waals surface area contributed by atoms with Crippen LogP contribution in [0.25, 0.3) is 22.2 Å². The summed E-state index contributed by atoms with van der Waals surface area (Å²) in [4.78, 5) is 4.31. The summed E-state index contributed by atoms with van der Waals surface area (Å²) in [6.07, 6.45) is 0. The van der Waals surface area contributed by atoms with E-state index in [0.717, 1.165) is 16.6 Å². The van der Waals surface area contributed by atoms with Crippen molar-refractivity contribution in [3.05, 3.63) is 48.4 Å². The van der Waals surface area contributed by atoms with E-state index in [0.29, 0.717) is 17.2 Å². The van der Waals surface area contributed by atoms with Gasteiger partial charge < -0.3 is 10.2 Å². The Morgan fingerprint density at radius 1 is 1.06 bits per heavy atom. The second kappa shape index (κ2) is 3.63. The van der Waals surface area contributed by atoms with Gasteiger partial charge in [-0.2, -0.15) is 0 Å². The quantitative estimate of drug-likeness (QED) is 0.644. The van der Waals surface area contributed by atoms with Crippen LogP contribution in [0.1, 0.15) is 5.89 Å². The second-order valence-electron chi connectivity index (χ2n) is 4.01. The van der Waals surface area contributed by atoms with Crippen molar-refractivity contribution in [3.8, 4) is 11.1 Å². The lowest BCUT2D eigenvalue weighted by Crippen LogP contribution is -1.87. The molecule has 0 aliphatic rings. The molecule has 1 aromatic heterocycles. The van der Waals surface area contributed by atoms with Crippen molar-refractivity contribution < 1.29 is 4.42 Å². The van der Waals surface area contributed by atoms with E-state index in [-0.39, 0.29) is 0 Å². The van der Waals surface area contributed by atoms with Crippen molar-refractivity contribution in [2.45, 2.75) is 6.92 Å². The number of aryl methyl sites for hydroxylation is 1. The lowest BCUT2D eigenvalue weighted by Gasteiger charge is -2.02. The highest BCUT2D eigenvalue weighted by atomic mass is 16.3. The summed E-state index contributed by atoms with van der Waals surface area (Å²) in [5.74, 6) is 0.636. The molecule has 0 saturated carbocycles. The smallest absolute Gasteiger partial charge is 0.192 e. The summed E-state index contributed by atoms with van der Waals surface area (Å²) in [5, 5.41) is 0. The third-order valence-corrected chi connectivity index (χ3v) is 2.73. The summed E-state index contributed by atoms with van der Waals surface area (Å²) in [6.45, 7) is 1.82. The highest BCUT2D eigenvalue weighted by molar-refractivity contribution is 5.90. The Labute approximate surface area is 98.9 Å². The number of fused-ring (bicyclic) bond motifs is 1. The van der Waals surface area contributed by atoms with Gasteiger partial charge in [0.15, 0.2) is 11.5 Å². The first-order valence-corrected chi connectivity index (χ1v) is 5.46. The van der Waals surface area contributed by atoms with Crippen LogP contribution in [0.3, 0.4) is 0 Å². The molecule has 0 bridgehead atoms. The van der Waals surface area contributed by atoms with E-state index in [1.807, 2.05) is 49.4 Å². The molecule has 3 rings (SSSR count). The minimum absolute atomic E-state index is 0.627. The Kier molecular flexibility index (Phi) is 2.11. The zero-order valence-corrected chi connectivity index (χ0v) is 9.47. The van der Waals surface area contributed by atoms with Crippen molar-refractivity contribution in [1.82, 2.24) is 4.98 Å². The fourth-order valence-electron chi connectivity index (χ4n) is 1.97. The van der Waals surface area contributed by atoms with E-state index in [1.54, 1.807) is 0 Å². The van der Waals surface area contributed by atoms with Crippen LogP contribution in [0.5, 0.6) is 0 Å². The minimum Gasteiger partial charge on any atom is -0.439 e. The lowest BCUT2D eigenvalue weighted by atomic mass is 10.0. The number of benzene rings is 2. The van der Waals surface area contributed by atoms with Crippen molar-refractivity contribution in [3.63, 3.8) is 0 Å². The number of nitrogens with zero attached hydrogens (tertiary/aromatic N) is 1. The maximum Gasteiger partial charge on any atom is 0.192 e. The molecule has 17 heavy (non-hydrogen) atoms. The van der Waals surface area contributed by atoms with Gasteiger partial charge in [0.05, 0.1) is 5.69 Å². The van der Waals surface area contributed by atoms with Crippen LogP contribution in [0, 0.1) is 6.92 Å². The molecule has 0 radical (unpaired) electrons. The fraction of sp³-hybridized carbons (Fsp3) is 0.0714. The monoisotopic (exact) mass is 224 g/mol. The van der Waals surface area contributed by atoms with Crippen LogP contribution < -0.4 is 5.73 Å². The van der Waals surface area contributed by atoms with Gasteiger partial charge in [-0.25, -0.2) is 4.98 Å². The third-order valence-electron chi connectivity index (χ3n) is 2.73. The molecule has 84 valence electrons. The summed E-state index contributed by atoms with van der Waals surface area (Å²) in [5.41, 5.74) is 10.3. The first-order valence-electron chi connectivity index (χ1n) is 5.46. The highest BCUT2D eigenvalue weighted by Gasteiger charge is 2.08. The van der Waals surface area contributed by atoms with E-state index in [4.69, 9.17) is 10.2 Å². The van der Waals surface area contributed by atoms with Gasteiger partial charge in [-0.1, -0.05) is 30.3 Å². The van der Waals surface area contributed by atoms with Gasteiger partial charge in [0.1, 0.15) is 5.52 Å². The molecule has 0 atom stereocenters. The number of anilines is 1. The van der Waals surface area contributed by atoms with Crippen molar-refractivity contribution in [2.24, 2.45) is 0 Å². The number of nitrogens with two attached hydrogens (primary N) is 1. The molecule has 3 nitrogen and oxygen atoms in total. The van der Waals surface area contributed by atoms with Crippen LogP contribution in [-0.4, -0.2) is 4.98 Å². The van der Waals surface area contributed by atoms with Gasteiger partial charge >= 0.3 is 0 Å². The number of oxazole rings is 1. The predicted molar refractivity (Wildman–Crippen MR) is 68.6 cm³/mol. The zero-order valence-electron chi connectivity index (χ0n) is 9.47. The maximum atomic E-state index is 5.97. The number of hydrogen-bond donors (Lipinski definition) is 1. The summed E-state index contributed by atoms with van der Waals surface area (Å²) < 4.78 is 5.45. The molecular formula is C14H12N2O. The summed E-state index contributed by atoms with van der Waals surface area (Å²) in [7, 11) is 0. The van der Waals surface area contributed by atoms with Gasteiger partial charge in [-0.3, -0.25) is 0 Å².